The number of carboxylic acids is 1. The van der Waals surface area contributed by atoms with Crippen molar-refractivity contribution in [3.63, 3.8) is 0 Å². The molecule has 0 spiro atoms. The van der Waals surface area contributed by atoms with Gasteiger partial charge in [-0.05, 0) is 12.5 Å². The van der Waals surface area contributed by atoms with Crippen molar-refractivity contribution in [3.8, 4) is 5.75 Å². The standard InChI is InChI=1S/C11H10N2O6/c14-8-3-1-2-7(13(18)19)9(8)12-10(15)5-4-6(5)11(16)17/h1-3,5-6,14H,4H2,(H,12,15)(H,16,17). The number of hydrogen-bond donors (Lipinski definition) is 3. The van der Waals surface area contributed by atoms with Gasteiger partial charge in [-0.1, -0.05) is 6.07 Å². The first-order valence-electron chi connectivity index (χ1n) is 5.42. The molecule has 2 unspecified atom stereocenters. The summed E-state index contributed by atoms with van der Waals surface area (Å²) < 4.78 is 0. The number of carboxylic acid groups (broad SMARTS) is 1. The second-order valence-electron chi connectivity index (χ2n) is 4.20. The monoisotopic (exact) mass is 266 g/mol. The molecule has 1 amide bonds. The fourth-order valence-electron chi connectivity index (χ4n) is 1.78. The minimum atomic E-state index is -1.08. The molecule has 1 saturated carbocycles. The Morgan fingerprint density at radius 1 is 1.37 bits per heavy atom. The molecule has 1 aliphatic rings. The van der Waals surface area contributed by atoms with Crippen LogP contribution in [0.2, 0.25) is 0 Å². The van der Waals surface area contributed by atoms with E-state index in [-0.39, 0.29) is 12.1 Å². The summed E-state index contributed by atoms with van der Waals surface area (Å²) in [7, 11) is 0. The summed E-state index contributed by atoms with van der Waals surface area (Å²) in [5.74, 6) is -3.62. The molecule has 2 rings (SSSR count). The molecule has 2 atom stereocenters. The van der Waals surface area contributed by atoms with Gasteiger partial charge < -0.3 is 15.5 Å². The van der Waals surface area contributed by atoms with Crippen molar-refractivity contribution in [2.45, 2.75) is 6.42 Å². The van der Waals surface area contributed by atoms with E-state index in [0.29, 0.717) is 0 Å². The highest BCUT2D eigenvalue weighted by atomic mass is 16.6. The SMILES string of the molecule is O=C(O)C1CC1C(=O)Nc1c(O)cccc1[N+](=O)[O-]. The lowest BCUT2D eigenvalue weighted by atomic mass is 10.2. The Labute approximate surface area is 106 Å². The molecule has 0 heterocycles. The Morgan fingerprint density at radius 2 is 2.05 bits per heavy atom. The number of nitro groups is 1. The molecule has 1 aliphatic carbocycles. The van der Waals surface area contributed by atoms with Gasteiger partial charge in [0.05, 0.1) is 16.8 Å². The largest absolute Gasteiger partial charge is 0.505 e. The summed E-state index contributed by atoms with van der Waals surface area (Å²) in [6.07, 6.45) is 0.197. The van der Waals surface area contributed by atoms with Crippen LogP contribution in [0.3, 0.4) is 0 Å². The predicted octanol–water partition coefficient (Wildman–Crippen LogP) is 0.960. The summed E-state index contributed by atoms with van der Waals surface area (Å²) in [5.41, 5.74) is -0.755. The highest BCUT2D eigenvalue weighted by Gasteiger charge is 2.48. The molecule has 1 aromatic rings. The molecule has 8 heteroatoms. The van der Waals surface area contributed by atoms with Crippen LogP contribution >= 0.6 is 0 Å². The van der Waals surface area contributed by atoms with E-state index in [0.717, 1.165) is 6.07 Å². The van der Waals surface area contributed by atoms with Crippen molar-refractivity contribution in [3.05, 3.63) is 28.3 Å². The molecule has 0 aliphatic heterocycles. The van der Waals surface area contributed by atoms with Crippen LogP contribution in [0.5, 0.6) is 5.75 Å². The first-order chi connectivity index (χ1) is 8.91. The molecule has 0 saturated heterocycles. The van der Waals surface area contributed by atoms with Crippen LogP contribution in [0, 0.1) is 22.0 Å². The Hall–Kier alpha value is -2.64. The van der Waals surface area contributed by atoms with E-state index in [9.17, 15) is 24.8 Å². The number of anilines is 1. The average Bonchev–Trinajstić information content (AvgIpc) is 3.11. The van der Waals surface area contributed by atoms with Crippen LogP contribution in [0.15, 0.2) is 18.2 Å². The molecule has 0 radical (unpaired) electrons. The lowest BCUT2D eigenvalue weighted by Gasteiger charge is -2.07. The maximum Gasteiger partial charge on any atom is 0.307 e. The average molecular weight is 266 g/mol. The van der Waals surface area contributed by atoms with E-state index in [4.69, 9.17) is 5.11 Å². The number of benzene rings is 1. The van der Waals surface area contributed by atoms with E-state index in [1.54, 1.807) is 0 Å². The second kappa shape index (κ2) is 4.56. The molecule has 0 aromatic heterocycles. The maximum atomic E-state index is 11.7. The fraction of sp³-hybridized carbons (Fsp3) is 0.273. The smallest absolute Gasteiger partial charge is 0.307 e. The topological polar surface area (TPSA) is 130 Å². The molecule has 19 heavy (non-hydrogen) atoms. The van der Waals surface area contributed by atoms with Crippen LogP contribution in [0.25, 0.3) is 0 Å². The number of phenols is 1. The number of para-hydroxylation sites is 1. The zero-order valence-corrected chi connectivity index (χ0v) is 9.57. The first-order valence-corrected chi connectivity index (χ1v) is 5.42. The van der Waals surface area contributed by atoms with Crippen molar-refractivity contribution in [2.24, 2.45) is 11.8 Å². The van der Waals surface area contributed by atoms with Gasteiger partial charge >= 0.3 is 5.97 Å². The highest BCUT2D eigenvalue weighted by Crippen LogP contribution is 2.41. The van der Waals surface area contributed by atoms with Crippen LogP contribution in [0.4, 0.5) is 11.4 Å². The van der Waals surface area contributed by atoms with Gasteiger partial charge in [-0.2, -0.15) is 0 Å². The van der Waals surface area contributed by atoms with E-state index in [2.05, 4.69) is 5.32 Å². The number of aliphatic carboxylic acids is 1. The van der Waals surface area contributed by atoms with Gasteiger partial charge in [0.1, 0.15) is 5.75 Å². The van der Waals surface area contributed by atoms with Gasteiger partial charge in [0, 0.05) is 6.07 Å². The number of nitrogens with one attached hydrogen (secondary N) is 1. The Kier molecular flexibility index (Phi) is 3.07. The van der Waals surface area contributed by atoms with Crippen LogP contribution in [-0.4, -0.2) is 27.0 Å². The fourth-order valence-corrected chi connectivity index (χ4v) is 1.78. The molecule has 1 aromatic carbocycles. The molecule has 3 N–H and O–H groups in total. The molecular formula is C11H10N2O6. The third-order valence-electron chi connectivity index (χ3n) is 2.91. The molecule has 8 nitrogen and oxygen atoms in total. The summed E-state index contributed by atoms with van der Waals surface area (Å²) in [4.78, 5) is 32.4. The Bertz CT molecular complexity index is 570. The number of carbonyl (C=O) groups excluding carboxylic acids is 1. The predicted molar refractivity (Wildman–Crippen MR) is 62.6 cm³/mol. The molecule has 100 valence electrons. The zero-order valence-electron chi connectivity index (χ0n) is 9.57. The van der Waals surface area contributed by atoms with Crippen molar-refractivity contribution in [1.82, 2.24) is 0 Å². The van der Waals surface area contributed by atoms with E-state index in [1.807, 2.05) is 0 Å². The number of amides is 1. The van der Waals surface area contributed by atoms with Gasteiger partial charge in [0.2, 0.25) is 5.91 Å². The van der Waals surface area contributed by atoms with Crippen molar-refractivity contribution < 1.29 is 24.7 Å². The maximum absolute atomic E-state index is 11.7. The third kappa shape index (κ3) is 2.46. The minimum Gasteiger partial charge on any atom is -0.505 e. The Balaban J connectivity index is 2.18. The number of hydrogen-bond acceptors (Lipinski definition) is 5. The quantitative estimate of drug-likeness (QED) is 0.422. The molecule has 1 fully saturated rings. The van der Waals surface area contributed by atoms with Crippen molar-refractivity contribution in [2.75, 3.05) is 5.32 Å². The minimum absolute atomic E-state index is 0.197. The van der Waals surface area contributed by atoms with Gasteiger partial charge in [-0.3, -0.25) is 19.7 Å². The Morgan fingerprint density at radius 3 is 2.58 bits per heavy atom. The van der Waals surface area contributed by atoms with Crippen molar-refractivity contribution >= 4 is 23.3 Å². The number of nitrogens with zero attached hydrogens (tertiary/aromatic N) is 1. The third-order valence-corrected chi connectivity index (χ3v) is 2.91. The van der Waals surface area contributed by atoms with Crippen LogP contribution in [-0.2, 0) is 9.59 Å². The highest BCUT2D eigenvalue weighted by molar-refractivity contribution is 6.00. The van der Waals surface area contributed by atoms with E-state index in [1.165, 1.54) is 12.1 Å². The number of rotatable bonds is 4. The molecular weight excluding hydrogens is 256 g/mol. The van der Waals surface area contributed by atoms with Gasteiger partial charge in [-0.15, -0.1) is 0 Å². The summed E-state index contributed by atoms with van der Waals surface area (Å²) in [6.45, 7) is 0. The second-order valence-corrected chi connectivity index (χ2v) is 4.20. The first kappa shape index (κ1) is 12.8. The normalized spacial score (nSPS) is 20.6. The van der Waals surface area contributed by atoms with E-state index >= 15 is 0 Å². The van der Waals surface area contributed by atoms with Crippen LogP contribution < -0.4 is 5.32 Å². The van der Waals surface area contributed by atoms with Gasteiger partial charge in [-0.25, -0.2) is 0 Å². The number of carbonyl (C=O) groups is 2. The number of aromatic hydroxyl groups is 1. The summed E-state index contributed by atoms with van der Waals surface area (Å²) >= 11 is 0. The van der Waals surface area contributed by atoms with Crippen LogP contribution in [0.1, 0.15) is 6.42 Å². The summed E-state index contributed by atoms with van der Waals surface area (Å²) in [5, 5.41) is 31.2. The van der Waals surface area contributed by atoms with Crippen molar-refractivity contribution in [1.29, 1.82) is 0 Å². The van der Waals surface area contributed by atoms with Gasteiger partial charge in [0.15, 0.2) is 5.69 Å². The lowest BCUT2D eigenvalue weighted by Crippen LogP contribution is -2.17. The molecule has 0 bridgehead atoms. The number of nitro benzene ring substituents is 1. The van der Waals surface area contributed by atoms with Gasteiger partial charge in [0.25, 0.3) is 5.69 Å². The summed E-state index contributed by atoms with van der Waals surface area (Å²) in [6, 6.07) is 3.61. The number of phenolic OH excluding ortho intramolecular Hbond substituents is 1. The lowest BCUT2D eigenvalue weighted by molar-refractivity contribution is -0.384. The zero-order chi connectivity index (χ0) is 14.2. The van der Waals surface area contributed by atoms with E-state index < -0.39 is 40.1 Å².